The van der Waals surface area contributed by atoms with E-state index >= 15 is 0 Å². The number of amides is 1. The van der Waals surface area contributed by atoms with Crippen molar-refractivity contribution in [2.75, 3.05) is 12.9 Å². The minimum absolute atomic E-state index is 0.00628. The molecule has 13 nitrogen and oxygen atoms in total. The van der Waals surface area contributed by atoms with Gasteiger partial charge in [-0.15, -0.1) is 0 Å². The van der Waals surface area contributed by atoms with Crippen molar-refractivity contribution < 1.29 is 58.0 Å². The van der Waals surface area contributed by atoms with Crippen molar-refractivity contribution in [2.24, 2.45) is 34.5 Å². The number of allylic oxidation sites excluding steroid dienone is 4. The molecule has 0 spiro atoms. The molecule has 0 aromatic heterocycles. The molecule has 12 atom stereocenters. The van der Waals surface area contributed by atoms with Crippen molar-refractivity contribution in [3.8, 4) is 0 Å². The summed E-state index contributed by atoms with van der Waals surface area (Å²) in [6, 6.07) is 14.9. The van der Waals surface area contributed by atoms with Gasteiger partial charge in [-0.25, -0.2) is 0 Å². The van der Waals surface area contributed by atoms with Crippen molar-refractivity contribution in [3.63, 3.8) is 0 Å². The maximum Gasteiger partial charge on any atom is 0.373 e. The predicted octanol–water partition coefficient (Wildman–Crippen LogP) is 6.00. The van der Waals surface area contributed by atoms with Crippen LogP contribution in [0.2, 0.25) is 0 Å². The van der Waals surface area contributed by atoms with E-state index < -0.39 is 59.3 Å². The zero-order valence-corrected chi connectivity index (χ0v) is 39.5. The van der Waals surface area contributed by atoms with Gasteiger partial charge < -0.3 is 25.0 Å². The molecule has 1 aliphatic heterocycles. The van der Waals surface area contributed by atoms with E-state index in [4.69, 9.17) is 19.1 Å². The van der Waals surface area contributed by atoms with Crippen LogP contribution in [0.4, 0.5) is 0 Å². The van der Waals surface area contributed by atoms with E-state index in [0.717, 1.165) is 40.7 Å². The number of fused-ring (bicyclic) bond motifs is 7. The summed E-state index contributed by atoms with van der Waals surface area (Å²) in [4.78, 5) is 93.1. The number of ketones is 5. The van der Waals surface area contributed by atoms with Crippen LogP contribution < -0.4 is 5.32 Å². The lowest BCUT2D eigenvalue weighted by molar-refractivity contribution is -0.201. The van der Waals surface area contributed by atoms with Gasteiger partial charge in [0.2, 0.25) is 5.91 Å². The largest absolute Gasteiger partial charge is 0.393 e. The molecule has 1 saturated heterocycles. The highest BCUT2D eigenvalue weighted by Gasteiger charge is 2.76. The van der Waals surface area contributed by atoms with Gasteiger partial charge in [-0.3, -0.25) is 28.8 Å². The third kappa shape index (κ3) is 10.1. The minimum atomic E-state index is -1.43. The molecule has 4 fully saturated rings. The molecule has 2 aromatic rings. The molecule has 66 heavy (non-hydrogen) atoms. The summed E-state index contributed by atoms with van der Waals surface area (Å²) in [6.07, 6.45) is 9.48. The van der Waals surface area contributed by atoms with Crippen LogP contribution in [0, 0.1) is 34.5 Å². The Morgan fingerprint density at radius 3 is 2.35 bits per heavy atom. The number of Topliss-reactive ketones (excluding diaryl/α,β-unsaturated/α-hetero) is 4. The fourth-order valence-corrected chi connectivity index (χ4v) is 12.2. The first-order valence-corrected chi connectivity index (χ1v) is 24.3. The van der Waals surface area contributed by atoms with Gasteiger partial charge in [0.25, 0.3) is 0 Å². The Labute approximate surface area is 390 Å². The first-order chi connectivity index (χ1) is 31.3. The average Bonchev–Trinajstić information content (AvgIpc) is 3.79. The van der Waals surface area contributed by atoms with Gasteiger partial charge in [-0.05, 0) is 99.3 Å². The highest BCUT2D eigenvalue weighted by Crippen LogP contribution is 2.70. The quantitative estimate of drug-likeness (QED) is 0.157. The summed E-state index contributed by atoms with van der Waals surface area (Å²) in [5, 5.41) is 25.0. The Hall–Kier alpha value is -4.69. The Morgan fingerprint density at radius 2 is 1.67 bits per heavy atom. The van der Waals surface area contributed by atoms with Gasteiger partial charge in [-0.1, -0.05) is 81.0 Å². The van der Waals surface area contributed by atoms with Crippen LogP contribution >= 0.6 is 11.8 Å². The summed E-state index contributed by atoms with van der Waals surface area (Å²) in [5.74, 6) is -1.54. The number of carbonyl (C=O) groups excluding carboxylic acids is 8. The Kier molecular flexibility index (Phi) is 16.2. The Bertz CT molecular complexity index is 2280. The number of aliphatic hydroxyl groups excluding tert-OH is 2. The lowest BCUT2D eigenvalue weighted by atomic mass is 9.46. The number of benzene rings is 2. The normalized spacial score (nSPS) is 30.7. The minimum Gasteiger partial charge on any atom is -0.393 e. The average molecular weight is 926 g/mol. The molecule has 7 rings (SSSR count). The van der Waals surface area contributed by atoms with Gasteiger partial charge in [0, 0.05) is 53.9 Å². The number of thioether (sulfide) groups is 1. The number of nitrogens with one attached hydrogen (secondary N) is 1. The molecule has 1 amide bonds. The summed E-state index contributed by atoms with van der Waals surface area (Å²) in [5.41, 5.74) is 1.96. The number of ether oxygens (including phenoxy) is 2. The molecule has 0 bridgehead atoms. The van der Waals surface area contributed by atoms with Crippen LogP contribution in [0.5, 0.6) is 0 Å². The molecule has 2 aromatic carbocycles. The number of aliphatic hydroxyl groups is 2. The maximum absolute atomic E-state index is 14.0. The van der Waals surface area contributed by atoms with Crippen molar-refractivity contribution in [1.82, 2.24) is 5.32 Å². The van der Waals surface area contributed by atoms with Gasteiger partial charge in [0.1, 0.15) is 18.2 Å². The van der Waals surface area contributed by atoms with E-state index in [0.29, 0.717) is 32.1 Å². The zero-order valence-electron chi connectivity index (χ0n) is 38.7. The fraction of sp³-hybridized carbons (Fsp3) is 0.558. The summed E-state index contributed by atoms with van der Waals surface area (Å²) >= 11 is 1.48. The second-order valence-electron chi connectivity index (χ2n) is 19.4. The fourth-order valence-electron chi connectivity index (χ4n) is 11.8. The molecule has 1 heterocycles. The Balaban J connectivity index is 0.00000234. The smallest absolute Gasteiger partial charge is 0.373 e. The third-order valence-electron chi connectivity index (χ3n) is 15.3. The standard InChI is InChI=1S/C51H63NO10S.CO2/c1-29(21-37(54)11-8-12-41(56)31(3)63-6)47(60)52-30(2)42(57)24-34-10-7-9-33(23-34)22-32-13-15-35(16-14-32)48-61-45-26-40-39-18-17-36-25-38(55)19-20-49(36,4)46(39)43(58)27-50(40,5)51(45,62-48)44(59)28-53;2-1-3/h7,9-10,13-16,19-20,23,25,29-31,39-40,43,45-46,48,53,58H,8,11-12,17-18,21-22,24,26-28H2,1-6H3,(H,52,60);/t29-,30+,31?,39+,40+,43+,45-,46-,48-,49+,50+,51-;/m1./s1. The SMILES string of the molecule is CSC(C)C(=O)CCCC(=O)C[C@@H](C)C(=O)N[C@@H](C)C(=O)Cc1cccc(Cc2ccc([C@@H]3O[C@@H]4C[C@H]5[C@@H]6CCC7=CC(=O)C=C[C@]7(C)[C@H]6[C@@H](O)C[C@]5(C)[C@]4(C(=O)CO)O3)cc2)c1.O=C=O. The van der Waals surface area contributed by atoms with E-state index in [2.05, 4.69) is 12.2 Å². The maximum atomic E-state index is 14.0. The van der Waals surface area contributed by atoms with E-state index in [1.807, 2.05) is 74.7 Å². The molecule has 5 aliphatic rings. The van der Waals surface area contributed by atoms with Crippen LogP contribution in [0.25, 0.3) is 0 Å². The summed E-state index contributed by atoms with van der Waals surface area (Å²) in [7, 11) is 0. The van der Waals surface area contributed by atoms with E-state index in [1.54, 1.807) is 26.0 Å². The number of rotatable bonds is 18. The zero-order chi connectivity index (χ0) is 48.1. The second kappa shape index (κ2) is 21.1. The van der Waals surface area contributed by atoms with Gasteiger partial charge in [-0.2, -0.15) is 21.4 Å². The second-order valence-corrected chi connectivity index (χ2v) is 20.6. The number of hydrogen-bond donors (Lipinski definition) is 3. The van der Waals surface area contributed by atoms with Crippen LogP contribution in [0.15, 0.2) is 72.3 Å². The van der Waals surface area contributed by atoms with Gasteiger partial charge in [0.05, 0.1) is 23.5 Å². The summed E-state index contributed by atoms with van der Waals surface area (Å²) in [6.45, 7) is 8.62. The predicted molar refractivity (Wildman–Crippen MR) is 245 cm³/mol. The lowest BCUT2D eigenvalue weighted by Crippen LogP contribution is -2.63. The van der Waals surface area contributed by atoms with Crippen LogP contribution in [0.3, 0.4) is 0 Å². The van der Waals surface area contributed by atoms with Gasteiger partial charge in [0.15, 0.2) is 29.2 Å². The first-order valence-electron chi connectivity index (χ1n) is 23.0. The van der Waals surface area contributed by atoms with Gasteiger partial charge >= 0.3 is 6.15 Å². The highest BCUT2D eigenvalue weighted by molar-refractivity contribution is 7.99. The molecular weight excluding hydrogens is 863 g/mol. The molecule has 4 aliphatic carbocycles. The number of hydrogen-bond acceptors (Lipinski definition) is 13. The molecular formula is C52H63NO12S. The molecule has 354 valence electrons. The van der Waals surface area contributed by atoms with Crippen molar-refractivity contribution in [1.29, 1.82) is 0 Å². The van der Waals surface area contributed by atoms with Crippen LogP contribution in [-0.2, 0) is 60.7 Å². The van der Waals surface area contributed by atoms with Crippen molar-refractivity contribution in [3.05, 3.63) is 94.6 Å². The van der Waals surface area contributed by atoms with E-state index in [1.165, 1.54) is 11.8 Å². The van der Waals surface area contributed by atoms with E-state index in [9.17, 15) is 39.0 Å². The molecule has 3 N–H and O–H groups in total. The third-order valence-corrected chi connectivity index (χ3v) is 16.3. The van der Waals surface area contributed by atoms with E-state index in [-0.39, 0.29) is 77.5 Å². The van der Waals surface area contributed by atoms with Crippen molar-refractivity contribution in [2.45, 2.75) is 134 Å². The van der Waals surface area contributed by atoms with Crippen LogP contribution in [-0.4, -0.2) is 93.2 Å². The Morgan fingerprint density at radius 1 is 0.970 bits per heavy atom. The first kappa shape index (κ1) is 50.7. The molecule has 3 saturated carbocycles. The molecule has 0 radical (unpaired) electrons. The monoisotopic (exact) mass is 925 g/mol. The lowest BCUT2D eigenvalue weighted by Gasteiger charge is -2.59. The molecule has 1 unspecified atom stereocenters. The van der Waals surface area contributed by atoms with Crippen LogP contribution in [0.1, 0.15) is 115 Å². The summed E-state index contributed by atoms with van der Waals surface area (Å²) < 4.78 is 13.4. The molecule has 14 heteroatoms. The topological polar surface area (TPSA) is 208 Å². The highest BCUT2D eigenvalue weighted by atomic mass is 32.2. The van der Waals surface area contributed by atoms with Crippen molar-refractivity contribution >= 4 is 52.7 Å². The number of carbonyl (C=O) groups is 6.